The third kappa shape index (κ3) is 4.88. The normalized spacial score (nSPS) is 13.0. The van der Waals surface area contributed by atoms with Gasteiger partial charge in [0.1, 0.15) is 5.75 Å². The molecule has 2 amide bonds. The highest BCUT2D eigenvalue weighted by atomic mass is 35.5. The number of ether oxygens (including phenoxy) is 1. The number of rotatable bonds is 6. The summed E-state index contributed by atoms with van der Waals surface area (Å²) in [5.74, 6) is 0.691. The van der Waals surface area contributed by atoms with Crippen LogP contribution in [0.4, 0.5) is 4.79 Å². The summed E-state index contributed by atoms with van der Waals surface area (Å²) in [6.07, 6.45) is -0.619. The van der Waals surface area contributed by atoms with E-state index in [0.717, 1.165) is 11.1 Å². The molecule has 3 N–H and O–H groups in total. The van der Waals surface area contributed by atoms with Crippen molar-refractivity contribution in [3.05, 3.63) is 64.7 Å². The summed E-state index contributed by atoms with van der Waals surface area (Å²) in [5.41, 5.74) is 1.62. The molecule has 2 aromatic rings. The molecule has 0 aliphatic carbocycles. The third-order valence-electron chi connectivity index (χ3n) is 3.48. The summed E-state index contributed by atoms with van der Waals surface area (Å²) in [4.78, 5) is 12.2. The number of carbonyl (C=O) groups excluding carboxylic acids is 1. The van der Waals surface area contributed by atoms with Crippen LogP contribution < -0.4 is 15.4 Å². The minimum absolute atomic E-state index is 0.166. The van der Waals surface area contributed by atoms with Gasteiger partial charge in [-0.15, -0.1) is 0 Å². The van der Waals surface area contributed by atoms with Crippen molar-refractivity contribution in [2.75, 3.05) is 13.7 Å². The van der Waals surface area contributed by atoms with Crippen molar-refractivity contribution in [3.63, 3.8) is 0 Å². The fraction of sp³-hybridized carbons (Fsp3) is 0.278. The zero-order valence-electron chi connectivity index (χ0n) is 13.6. The lowest BCUT2D eigenvalue weighted by atomic mass is 9.98. The highest BCUT2D eigenvalue weighted by Gasteiger charge is 2.20. The number of hydrogen-bond acceptors (Lipinski definition) is 3. The fourth-order valence-electron chi connectivity index (χ4n) is 2.29. The minimum Gasteiger partial charge on any atom is -0.497 e. The first kappa shape index (κ1) is 18.1. The van der Waals surface area contributed by atoms with Gasteiger partial charge in [0.25, 0.3) is 0 Å². The Morgan fingerprint density at radius 2 is 2.00 bits per heavy atom. The minimum atomic E-state index is -0.619. The number of carbonyl (C=O) groups is 1. The second-order valence-corrected chi connectivity index (χ2v) is 5.84. The molecule has 5 nitrogen and oxygen atoms in total. The molecule has 2 atom stereocenters. The average Bonchev–Trinajstić information content (AvgIpc) is 2.58. The molecule has 0 fully saturated rings. The first-order valence-corrected chi connectivity index (χ1v) is 8.00. The zero-order valence-corrected chi connectivity index (χ0v) is 14.4. The van der Waals surface area contributed by atoms with Gasteiger partial charge in [0, 0.05) is 11.6 Å². The van der Waals surface area contributed by atoms with Crippen molar-refractivity contribution < 1.29 is 14.6 Å². The Morgan fingerprint density at radius 1 is 1.25 bits per heavy atom. The number of methoxy groups -OCH3 is 1. The number of hydrogen-bond donors (Lipinski definition) is 3. The van der Waals surface area contributed by atoms with Gasteiger partial charge in [-0.3, -0.25) is 0 Å². The highest BCUT2D eigenvalue weighted by Crippen LogP contribution is 2.29. The highest BCUT2D eigenvalue weighted by molar-refractivity contribution is 6.31. The molecule has 24 heavy (non-hydrogen) atoms. The van der Waals surface area contributed by atoms with E-state index in [0.29, 0.717) is 10.8 Å². The van der Waals surface area contributed by atoms with E-state index in [1.54, 1.807) is 20.1 Å². The van der Waals surface area contributed by atoms with Crippen LogP contribution in [-0.2, 0) is 0 Å². The van der Waals surface area contributed by atoms with Crippen molar-refractivity contribution in [2.45, 2.75) is 19.1 Å². The Balaban J connectivity index is 2.31. The van der Waals surface area contributed by atoms with E-state index in [-0.39, 0.29) is 12.6 Å². The van der Waals surface area contributed by atoms with Gasteiger partial charge in [0.05, 0.1) is 19.3 Å². The van der Waals surface area contributed by atoms with E-state index in [1.165, 1.54) is 0 Å². The lowest BCUT2D eigenvalue weighted by Gasteiger charge is -2.22. The van der Waals surface area contributed by atoms with Crippen molar-refractivity contribution in [2.24, 2.45) is 0 Å². The third-order valence-corrected chi connectivity index (χ3v) is 3.82. The van der Waals surface area contributed by atoms with Gasteiger partial charge in [-0.25, -0.2) is 4.79 Å². The smallest absolute Gasteiger partial charge is 0.315 e. The molecule has 0 radical (unpaired) electrons. The lowest BCUT2D eigenvalue weighted by Crippen LogP contribution is -2.41. The predicted octanol–water partition coefficient (Wildman–Crippen LogP) is 3.12. The van der Waals surface area contributed by atoms with Crippen LogP contribution in [0.3, 0.4) is 0 Å². The monoisotopic (exact) mass is 348 g/mol. The van der Waals surface area contributed by atoms with Gasteiger partial charge in [0.2, 0.25) is 0 Å². The summed E-state index contributed by atoms with van der Waals surface area (Å²) in [7, 11) is 1.59. The number of aliphatic hydroxyl groups excluding tert-OH is 1. The molecule has 0 spiro atoms. The molecule has 0 aliphatic rings. The molecular weight excluding hydrogens is 328 g/mol. The number of halogens is 1. The maximum absolute atomic E-state index is 12.2. The molecule has 0 aliphatic heterocycles. The van der Waals surface area contributed by atoms with Crippen molar-refractivity contribution in [3.8, 4) is 5.75 Å². The standard InChI is InChI=1S/C18H21ClN2O3/c1-12(22)11-20-18(23)21-17(15-8-3-4-9-16(15)19)13-6-5-7-14(10-13)24-2/h3-10,12,17,22H,11H2,1-2H3,(H2,20,21,23)/t12-,17?/m1/s1. The van der Waals surface area contributed by atoms with Crippen molar-refractivity contribution in [1.29, 1.82) is 0 Å². The number of benzene rings is 2. The van der Waals surface area contributed by atoms with Crippen LogP contribution in [0.5, 0.6) is 5.75 Å². The molecule has 1 unspecified atom stereocenters. The van der Waals surface area contributed by atoms with Crippen LogP contribution >= 0.6 is 11.6 Å². The Hall–Kier alpha value is -2.24. The summed E-state index contributed by atoms with van der Waals surface area (Å²) in [5, 5.41) is 15.4. The molecule has 6 heteroatoms. The fourth-order valence-corrected chi connectivity index (χ4v) is 2.54. The Morgan fingerprint density at radius 3 is 2.67 bits per heavy atom. The maximum Gasteiger partial charge on any atom is 0.315 e. The molecule has 0 aromatic heterocycles. The van der Waals surface area contributed by atoms with E-state index in [2.05, 4.69) is 10.6 Å². The predicted molar refractivity (Wildman–Crippen MR) is 94.5 cm³/mol. The molecule has 2 rings (SSSR count). The number of nitrogens with one attached hydrogen (secondary N) is 2. The Kier molecular flexibility index (Phi) is 6.46. The van der Waals surface area contributed by atoms with Crippen LogP contribution in [0.1, 0.15) is 24.1 Å². The second-order valence-electron chi connectivity index (χ2n) is 5.43. The van der Waals surface area contributed by atoms with Gasteiger partial charge in [0.15, 0.2) is 0 Å². The van der Waals surface area contributed by atoms with E-state index in [1.807, 2.05) is 42.5 Å². The van der Waals surface area contributed by atoms with Crippen LogP contribution in [-0.4, -0.2) is 30.9 Å². The number of amides is 2. The quantitative estimate of drug-likeness (QED) is 0.751. The van der Waals surface area contributed by atoms with E-state index in [4.69, 9.17) is 16.3 Å². The van der Waals surface area contributed by atoms with Gasteiger partial charge in [-0.1, -0.05) is 41.9 Å². The Bertz CT molecular complexity index is 691. The van der Waals surface area contributed by atoms with E-state index in [9.17, 15) is 9.90 Å². The molecule has 0 saturated heterocycles. The second kappa shape index (κ2) is 8.57. The molecule has 0 heterocycles. The molecule has 2 aromatic carbocycles. The Labute approximate surface area is 146 Å². The van der Waals surface area contributed by atoms with Crippen molar-refractivity contribution in [1.82, 2.24) is 10.6 Å². The molecule has 128 valence electrons. The van der Waals surface area contributed by atoms with E-state index >= 15 is 0 Å². The molecular formula is C18H21ClN2O3. The van der Waals surface area contributed by atoms with Crippen LogP contribution in [0.25, 0.3) is 0 Å². The van der Waals surface area contributed by atoms with Crippen LogP contribution in [0.2, 0.25) is 5.02 Å². The first-order chi connectivity index (χ1) is 11.5. The number of urea groups is 1. The largest absolute Gasteiger partial charge is 0.497 e. The average molecular weight is 349 g/mol. The summed E-state index contributed by atoms with van der Waals surface area (Å²) < 4.78 is 5.26. The van der Waals surface area contributed by atoms with Gasteiger partial charge < -0.3 is 20.5 Å². The van der Waals surface area contributed by atoms with Gasteiger partial charge in [-0.05, 0) is 36.2 Å². The first-order valence-electron chi connectivity index (χ1n) is 7.62. The number of aliphatic hydroxyl groups is 1. The van der Waals surface area contributed by atoms with Crippen LogP contribution in [0.15, 0.2) is 48.5 Å². The van der Waals surface area contributed by atoms with Crippen molar-refractivity contribution >= 4 is 17.6 Å². The van der Waals surface area contributed by atoms with Crippen LogP contribution in [0, 0.1) is 0 Å². The molecule has 0 saturated carbocycles. The topological polar surface area (TPSA) is 70.6 Å². The van der Waals surface area contributed by atoms with E-state index < -0.39 is 12.1 Å². The summed E-state index contributed by atoms with van der Waals surface area (Å²) in [6.45, 7) is 1.77. The molecule has 0 bridgehead atoms. The lowest BCUT2D eigenvalue weighted by molar-refractivity contribution is 0.187. The maximum atomic E-state index is 12.2. The summed E-state index contributed by atoms with van der Waals surface area (Å²) >= 11 is 6.31. The van der Waals surface area contributed by atoms with Gasteiger partial charge in [-0.2, -0.15) is 0 Å². The zero-order chi connectivity index (χ0) is 17.5. The van der Waals surface area contributed by atoms with Gasteiger partial charge >= 0.3 is 6.03 Å². The SMILES string of the molecule is COc1cccc(C(NC(=O)NC[C@@H](C)O)c2ccccc2Cl)c1. The summed E-state index contributed by atoms with van der Waals surface area (Å²) in [6, 6.07) is 13.9.